The Morgan fingerprint density at radius 2 is 2.13 bits per heavy atom. The van der Waals surface area contributed by atoms with E-state index in [0.717, 1.165) is 29.8 Å². The molecule has 1 fully saturated rings. The van der Waals surface area contributed by atoms with Crippen LogP contribution in [0.25, 0.3) is 0 Å². The van der Waals surface area contributed by atoms with Gasteiger partial charge in [0.1, 0.15) is 5.03 Å². The van der Waals surface area contributed by atoms with Crippen LogP contribution in [0.3, 0.4) is 0 Å². The lowest BCUT2D eigenvalue weighted by Gasteiger charge is -2.16. The van der Waals surface area contributed by atoms with Crippen LogP contribution in [0.1, 0.15) is 18.5 Å². The number of anilines is 1. The Labute approximate surface area is 94.3 Å². The van der Waals surface area contributed by atoms with E-state index >= 15 is 0 Å². The van der Waals surface area contributed by atoms with E-state index in [4.69, 9.17) is 5.73 Å². The van der Waals surface area contributed by atoms with Crippen molar-refractivity contribution in [3.63, 3.8) is 0 Å². The van der Waals surface area contributed by atoms with Crippen molar-refractivity contribution in [1.29, 1.82) is 0 Å². The molecular formula is C10H16N4S. The molecule has 0 spiro atoms. The summed E-state index contributed by atoms with van der Waals surface area (Å²) in [4.78, 5) is 11.2. The Hall–Kier alpha value is -0.810. The molecule has 2 heterocycles. The van der Waals surface area contributed by atoms with Crippen LogP contribution >= 0.6 is 11.8 Å². The maximum absolute atomic E-state index is 5.62. The maximum Gasteiger partial charge on any atom is 0.226 e. The number of hydrogen-bond acceptors (Lipinski definition) is 5. The van der Waals surface area contributed by atoms with E-state index in [0.29, 0.717) is 6.54 Å². The summed E-state index contributed by atoms with van der Waals surface area (Å²) in [5, 5.41) is 1.01. The van der Waals surface area contributed by atoms with Gasteiger partial charge < -0.3 is 10.6 Å². The summed E-state index contributed by atoms with van der Waals surface area (Å²) >= 11 is 1.64. The second-order valence-electron chi connectivity index (χ2n) is 3.60. The fourth-order valence-electron chi connectivity index (χ4n) is 1.73. The lowest BCUT2D eigenvalue weighted by atomic mass is 10.4. The number of rotatable bonds is 3. The van der Waals surface area contributed by atoms with E-state index in [2.05, 4.69) is 14.9 Å². The van der Waals surface area contributed by atoms with E-state index in [1.54, 1.807) is 11.8 Å². The smallest absolute Gasteiger partial charge is 0.226 e. The zero-order chi connectivity index (χ0) is 10.7. The molecule has 1 aliphatic rings. The molecule has 0 amide bonds. The SMILES string of the molecule is CSc1cc(CN)nc(N2CCCC2)n1. The van der Waals surface area contributed by atoms with Crippen LogP contribution in [0.2, 0.25) is 0 Å². The summed E-state index contributed by atoms with van der Waals surface area (Å²) in [7, 11) is 0. The van der Waals surface area contributed by atoms with Crippen LogP contribution in [0.4, 0.5) is 5.95 Å². The molecule has 1 aromatic rings. The predicted octanol–water partition coefficient (Wildman–Crippen LogP) is 1.26. The normalized spacial score (nSPS) is 16.0. The second kappa shape index (κ2) is 4.81. The average Bonchev–Trinajstić information content (AvgIpc) is 2.81. The molecule has 4 nitrogen and oxygen atoms in total. The monoisotopic (exact) mass is 224 g/mol. The highest BCUT2D eigenvalue weighted by Crippen LogP contribution is 2.20. The molecule has 0 radical (unpaired) electrons. The first-order chi connectivity index (χ1) is 7.33. The van der Waals surface area contributed by atoms with E-state index in [1.807, 2.05) is 12.3 Å². The summed E-state index contributed by atoms with van der Waals surface area (Å²) in [6.07, 6.45) is 4.51. The van der Waals surface area contributed by atoms with Gasteiger partial charge in [0.15, 0.2) is 0 Å². The van der Waals surface area contributed by atoms with Gasteiger partial charge in [-0.3, -0.25) is 0 Å². The first-order valence-electron chi connectivity index (χ1n) is 5.20. The van der Waals surface area contributed by atoms with Gasteiger partial charge in [-0.1, -0.05) is 0 Å². The Balaban J connectivity index is 2.28. The van der Waals surface area contributed by atoms with Crippen molar-refractivity contribution >= 4 is 17.7 Å². The van der Waals surface area contributed by atoms with Gasteiger partial charge >= 0.3 is 0 Å². The molecule has 1 aliphatic heterocycles. The van der Waals surface area contributed by atoms with Crippen LogP contribution in [0.5, 0.6) is 0 Å². The molecule has 0 unspecified atom stereocenters. The van der Waals surface area contributed by atoms with E-state index in [9.17, 15) is 0 Å². The molecule has 5 heteroatoms. The zero-order valence-electron chi connectivity index (χ0n) is 8.94. The predicted molar refractivity (Wildman–Crippen MR) is 63.2 cm³/mol. The van der Waals surface area contributed by atoms with Crippen molar-refractivity contribution in [1.82, 2.24) is 9.97 Å². The molecule has 0 bridgehead atoms. The highest BCUT2D eigenvalue weighted by atomic mass is 32.2. The Morgan fingerprint density at radius 1 is 1.40 bits per heavy atom. The van der Waals surface area contributed by atoms with Crippen LogP contribution in [-0.2, 0) is 6.54 Å². The molecule has 2 N–H and O–H groups in total. The molecule has 1 aromatic heterocycles. The lowest BCUT2D eigenvalue weighted by Crippen LogP contribution is -2.21. The molecule has 0 saturated carbocycles. The van der Waals surface area contributed by atoms with Crippen molar-refractivity contribution in [3.05, 3.63) is 11.8 Å². The number of hydrogen-bond donors (Lipinski definition) is 1. The minimum atomic E-state index is 0.483. The number of nitrogens with zero attached hydrogens (tertiary/aromatic N) is 3. The third kappa shape index (κ3) is 2.41. The van der Waals surface area contributed by atoms with E-state index < -0.39 is 0 Å². The quantitative estimate of drug-likeness (QED) is 0.619. The molecular weight excluding hydrogens is 208 g/mol. The van der Waals surface area contributed by atoms with Crippen LogP contribution in [0, 0.1) is 0 Å². The summed E-state index contributed by atoms with van der Waals surface area (Å²) < 4.78 is 0. The summed E-state index contributed by atoms with van der Waals surface area (Å²) in [5.74, 6) is 0.847. The van der Waals surface area contributed by atoms with E-state index in [1.165, 1.54) is 12.8 Å². The van der Waals surface area contributed by atoms with Gasteiger partial charge in [0.05, 0.1) is 5.69 Å². The Kier molecular flexibility index (Phi) is 3.43. The average molecular weight is 224 g/mol. The van der Waals surface area contributed by atoms with E-state index in [-0.39, 0.29) is 0 Å². The van der Waals surface area contributed by atoms with Crippen molar-refractivity contribution in [3.8, 4) is 0 Å². The summed E-state index contributed by atoms with van der Waals surface area (Å²) in [6, 6.07) is 1.96. The van der Waals surface area contributed by atoms with Gasteiger partial charge in [-0.05, 0) is 25.2 Å². The standard InChI is InChI=1S/C10H16N4S/c1-15-9-6-8(7-11)12-10(13-9)14-4-2-3-5-14/h6H,2-5,7,11H2,1H3. The van der Waals surface area contributed by atoms with Gasteiger partial charge in [-0.15, -0.1) is 11.8 Å². The molecule has 2 rings (SSSR count). The third-order valence-corrected chi connectivity index (χ3v) is 3.18. The summed E-state index contributed by atoms with van der Waals surface area (Å²) in [5.41, 5.74) is 6.55. The van der Waals surface area contributed by atoms with Crippen molar-refractivity contribution in [2.75, 3.05) is 24.2 Å². The Bertz CT molecular complexity index is 314. The second-order valence-corrected chi connectivity index (χ2v) is 4.43. The molecule has 0 aromatic carbocycles. The van der Waals surface area contributed by atoms with Crippen LogP contribution in [-0.4, -0.2) is 29.3 Å². The first-order valence-corrected chi connectivity index (χ1v) is 6.43. The topological polar surface area (TPSA) is 55.0 Å². The molecule has 82 valence electrons. The number of aromatic nitrogens is 2. The van der Waals surface area contributed by atoms with Gasteiger partial charge in [-0.2, -0.15) is 0 Å². The molecule has 15 heavy (non-hydrogen) atoms. The molecule has 0 aliphatic carbocycles. The third-order valence-electron chi connectivity index (χ3n) is 2.55. The molecule has 0 atom stereocenters. The maximum atomic E-state index is 5.62. The minimum Gasteiger partial charge on any atom is -0.341 e. The van der Waals surface area contributed by atoms with Crippen molar-refractivity contribution < 1.29 is 0 Å². The number of nitrogens with two attached hydrogens (primary N) is 1. The molecule has 1 saturated heterocycles. The summed E-state index contributed by atoms with van der Waals surface area (Å²) in [6.45, 7) is 2.63. The lowest BCUT2D eigenvalue weighted by molar-refractivity contribution is 0.841. The van der Waals surface area contributed by atoms with Gasteiger partial charge in [0, 0.05) is 19.6 Å². The van der Waals surface area contributed by atoms with Gasteiger partial charge in [-0.25, -0.2) is 9.97 Å². The van der Waals surface area contributed by atoms with Gasteiger partial charge in [0.2, 0.25) is 5.95 Å². The largest absolute Gasteiger partial charge is 0.341 e. The zero-order valence-corrected chi connectivity index (χ0v) is 9.76. The van der Waals surface area contributed by atoms with Crippen LogP contribution < -0.4 is 10.6 Å². The number of thioether (sulfide) groups is 1. The highest BCUT2D eigenvalue weighted by Gasteiger charge is 2.15. The fourth-order valence-corrected chi connectivity index (χ4v) is 2.15. The van der Waals surface area contributed by atoms with Crippen molar-refractivity contribution in [2.45, 2.75) is 24.4 Å². The van der Waals surface area contributed by atoms with Gasteiger partial charge in [0.25, 0.3) is 0 Å². The fraction of sp³-hybridized carbons (Fsp3) is 0.600. The first kappa shape index (κ1) is 10.7. The minimum absolute atomic E-state index is 0.483. The Morgan fingerprint density at radius 3 is 2.73 bits per heavy atom. The van der Waals surface area contributed by atoms with Crippen LogP contribution in [0.15, 0.2) is 11.1 Å². The van der Waals surface area contributed by atoms with Crippen molar-refractivity contribution in [2.24, 2.45) is 5.73 Å². The highest BCUT2D eigenvalue weighted by molar-refractivity contribution is 7.98.